The molecule has 1 rings (SSSR count). The first-order valence-corrected chi connectivity index (χ1v) is 6.48. The van der Waals surface area contributed by atoms with Crippen LogP contribution in [0.25, 0.3) is 0 Å². The number of carbonyl (C=O) groups is 2. The Morgan fingerprint density at radius 3 is 2.78 bits per heavy atom. The Kier molecular flexibility index (Phi) is 5.14. The summed E-state index contributed by atoms with van der Waals surface area (Å²) in [5.74, 6) is -0.197. The number of ether oxygens (including phenoxy) is 1. The smallest absolute Gasteiger partial charge is 0.225 e. The minimum Gasteiger partial charge on any atom is -0.383 e. The normalized spacial score (nSPS) is 20.3. The van der Waals surface area contributed by atoms with Gasteiger partial charge in [0.2, 0.25) is 11.8 Å². The maximum absolute atomic E-state index is 12.1. The highest BCUT2D eigenvalue weighted by Gasteiger charge is 2.35. The molecule has 5 nitrogen and oxygen atoms in total. The lowest BCUT2D eigenvalue weighted by Gasteiger charge is -2.26. The zero-order valence-electron chi connectivity index (χ0n) is 11.8. The molecule has 104 valence electrons. The Morgan fingerprint density at radius 2 is 2.22 bits per heavy atom. The molecule has 0 aromatic rings. The van der Waals surface area contributed by atoms with Crippen molar-refractivity contribution in [1.29, 1.82) is 0 Å². The van der Waals surface area contributed by atoms with Crippen LogP contribution in [0, 0.1) is 5.92 Å². The summed E-state index contributed by atoms with van der Waals surface area (Å²) in [6.07, 6.45) is 1.18. The maximum atomic E-state index is 12.1. The van der Waals surface area contributed by atoms with E-state index in [9.17, 15) is 9.59 Å². The molecular weight excluding hydrogens is 232 g/mol. The van der Waals surface area contributed by atoms with E-state index in [1.54, 1.807) is 12.0 Å². The van der Waals surface area contributed by atoms with Gasteiger partial charge >= 0.3 is 0 Å². The summed E-state index contributed by atoms with van der Waals surface area (Å²) >= 11 is 0. The molecule has 0 radical (unpaired) electrons. The minimum absolute atomic E-state index is 0.0184. The summed E-state index contributed by atoms with van der Waals surface area (Å²) in [6, 6.07) is 0. The number of nitrogens with zero attached hydrogens (tertiary/aromatic N) is 1. The van der Waals surface area contributed by atoms with Crippen molar-refractivity contribution in [2.24, 2.45) is 5.92 Å². The molecule has 0 aliphatic carbocycles. The fourth-order valence-electron chi connectivity index (χ4n) is 1.89. The zero-order chi connectivity index (χ0) is 13.8. The van der Waals surface area contributed by atoms with Gasteiger partial charge in [-0.3, -0.25) is 9.59 Å². The first-order chi connectivity index (χ1) is 8.39. The van der Waals surface area contributed by atoms with Crippen LogP contribution < -0.4 is 5.32 Å². The quantitative estimate of drug-likeness (QED) is 0.764. The molecule has 1 heterocycles. The van der Waals surface area contributed by atoms with E-state index in [2.05, 4.69) is 5.32 Å². The van der Waals surface area contributed by atoms with Gasteiger partial charge in [0.25, 0.3) is 0 Å². The van der Waals surface area contributed by atoms with Crippen molar-refractivity contribution in [3.63, 3.8) is 0 Å². The molecule has 0 spiro atoms. The molecule has 1 aliphatic heterocycles. The highest BCUT2D eigenvalue weighted by Crippen LogP contribution is 2.19. The average molecular weight is 256 g/mol. The molecule has 0 aromatic carbocycles. The average Bonchev–Trinajstić information content (AvgIpc) is 2.68. The second-order valence-electron chi connectivity index (χ2n) is 5.46. The SMILES string of the molecule is CCC(C)(C)NC(=O)[C@H]1CC(=O)N(CCOC)C1. The van der Waals surface area contributed by atoms with Gasteiger partial charge in [-0.2, -0.15) is 0 Å². The topological polar surface area (TPSA) is 58.6 Å². The predicted octanol–water partition coefficient (Wildman–Crippen LogP) is 0.786. The summed E-state index contributed by atoms with van der Waals surface area (Å²) in [4.78, 5) is 25.5. The number of methoxy groups -OCH3 is 1. The molecule has 1 atom stereocenters. The first kappa shape index (κ1) is 15.0. The van der Waals surface area contributed by atoms with Crippen LogP contribution in [0.1, 0.15) is 33.6 Å². The molecule has 18 heavy (non-hydrogen) atoms. The summed E-state index contributed by atoms with van der Waals surface area (Å²) in [5.41, 5.74) is -0.208. The number of hydrogen-bond donors (Lipinski definition) is 1. The van der Waals surface area contributed by atoms with E-state index < -0.39 is 0 Å². The maximum Gasteiger partial charge on any atom is 0.225 e. The van der Waals surface area contributed by atoms with Gasteiger partial charge in [-0.25, -0.2) is 0 Å². The largest absolute Gasteiger partial charge is 0.383 e. The van der Waals surface area contributed by atoms with Crippen molar-refractivity contribution in [1.82, 2.24) is 10.2 Å². The van der Waals surface area contributed by atoms with E-state index in [1.807, 2.05) is 20.8 Å². The lowest BCUT2D eigenvalue weighted by Crippen LogP contribution is -2.46. The molecule has 2 amide bonds. The van der Waals surface area contributed by atoms with Gasteiger partial charge in [0.15, 0.2) is 0 Å². The number of amides is 2. The Bertz CT molecular complexity index is 315. The van der Waals surface area contributed by atoms with E-state index >= 15 is 0 Å². The number of rotatable bonds is 6. The second-order valence-corrected chi connectivity index (χ2v) is 5.46. The first-order valence-electron chi connectivity index (χ1n) is 6.48. The molecule has 1 aliphatic rings. The molecular formula is C13H24N2O3. The summed E-state index contributed by atoms with van der Waals surface area (Å²) in [6.45, 7) is 7.60. The third-order valence-corrected chi connectivity index (χ3v) is 3.50. The van der Waals surface area contributed by atoms with Crippen LogP contribution in [0.15, 0.2) is 0 Å². The van der Waals surface area contributed by atoms with E-state index in [1.165, 1.54) is 0 Å². The van der Waals surface area contributed by atoms with Crippen LogP contribution in [-0.4, -0.2) is 49.1 Å². The molecule has 0 saturated carbocycles. The van der Waals surface area contributed by atoms with Crippen LogP contribution in [0.4, 0.5) is 0 Å². The Labute approximate surface area is 109 Å². The monoisotopic (exact) mass is 256 g/mol. The number of likely N-dealkylation sites (tertiary alicyclic amines) is 1. The van der Waals surface area contributed by atoms with Gasteiger partial charge in [0.1, 0.15) is 0 Å². The molecule has 0 unspecified atom stereocenters. The molecule has 1 saturated heterocycles. The third kappa shape index (κ3) is 3.98. The van der Waals surface area contributed by atoms with Gasteiger partial charge in [-0.05, 0) is 20.3 Å². The third-order valence-electron chi connectivity index (χ3n) is 3.50. The van der Waals surface area contributed by atoms with Crippen LogP contribution in [0.2, 0.25) is 0 Å². The van der Waals surface area contributed by atoms with E-state index in [4.69, 9.17) is 4.74 Å². The van der Waals surface area contributed by atoms with Crippen molar-refractivity contribution in [3.05, 3.63) is 0 Å². The van der Waals surface area contributed by atoms with Crippen LogP contribution >= 0.6 is 0 Å². The van der Waals surface area contributed by atoms with Gasteiger partial charge in [-0.15, -0.1) is 0 Å². The summed E-state index contributed by atoms with van der Waals surface area (Å²) in [7, 11) is 1.61. The minimum atomic E-state index is -0.222. The Balaban J connectivity index is 2.49. The van der Waals surface area contributed by atoms with Crippen molar-refractivity contribution in [2.75, 3.05) is 26.8 Å². The van der Waals surface area contributed by atoms with E-state index in [-0.39, 0.29) is 23.3 Å². The van der Waals surface area contributed by atoms with Gasteiger partial charge in [-0.1, -0.05) is 6.92 Å². The highest BCUT2D eigenvalue weighted by atomic mass is 16.5. The Hall–Kier alpha value is -1.10. The fraction of sp³-hybridized carbons (Fsp3) is 0.846. The van der Waals surface area contributed by atoms with Crippen LogP contribution in [0.3, 0.4) is 0 Å². The fourth-order valence-corrected chi connectivity index (χ4v) is 1.89. The molecule has 1 N–H and O–H groups in total. The van der Waals surface area contributed by atoms with Crippen molar-refractivity contribution < 1.29 is 14.3 Å². The number of nitrogens with one attached hydrogen (secondary N) is 1. The van der Waals surface area contributed by atoms with E-state index in [0.717, 1.165) is 6.42 Å². The predicted molar refractivity (Wildman–Crippen MR) is 69.1 cm³/mol. The lowest BCUT2D eigenvalue weighted by atomic mass is 9.99. The van der Waals surface area contributed by atoms with Gasteiger partial charge in [0, 0.05) is 32.2 Å². The highest BCUT2D eigenvalue weighted by molar-refractivity contribution is 5.89. The lowest BCUT2D eigenvalue weighted by molar-refractivity contribution is -0.129. The van der Waals surface area contributed by atoms with E-state index in [0.29, 0.717) is 26.1 Å². The Morgan fingerprint density at radius 1 is 1.56 bits per heavy atom. The summed E-state index contributed by atoms with van der Waals surface area (Å²) < 4.78 is 4.95. The molecule has 0 aromatic heterocycles. The standard InChI is InChI=1S/C13H24N2O3/c1-5-13(2,3)14-12(17)10-8-11(16)15(9-10)6-7-18-4/h10H,5-9H2,1-4H3,(H,14,17)/t10-/m0/s1. The zero-order valence-corrected chi connectivity index (χ0v) is 11.8. The van der Waals surface area contributed by atoms with Crippen molar-refractivity contribution in [2.45, 2.75) is 39.2 Å². The molecule has 1 fully saturated rings. The summed E-state index contributed by atoms with van der Waals surface area (Å²) in [5, 5.41) is 3.00. The van der Waals surface area contributed by atoms with Gasteiger partial charge in [0.05, 0.1) is 12.5 Å². The second kappa shape index (κ2) is 6.18. The number of hydrogen-bond acceptors (Lipinski definition) is 3. The molecule has 0 bridgehead atoms. The van der Waals surface area contributed by atoms with Crippen LogP contribution in [-0.2, 0) is 14.3 Å². The van der Waals surface area contributed by atoms with Crippen LogP contribution in [0.5, 0.6) is 0 Å². The number of carbonyl (C=O) groups excluding carboxylic acids is 2. The van der Waals surface area contributed by atoms with Crippen molar-refractivity contribution in [3.8, 4) is 0 Å². The van der Waals surface area contributed by atoms with Crippen molar-refractivity contribution >= 4 is 11.8 Å². The van der Waals surface area contributed by atoms with Gasteiger partial charge < -0.3 is 15.0 Å². The molecule has 5 heteroatoms.